The fourth-order valence-electron chi connectivity index (χ4n) is 4.34. The van der Waals surface area contributed by atoms with E-state index in [0.29, 0.717) is 17.7 Å². The molecule has 3 heterocycles. The van der Waals surface area contributed by atoms with Gasteiger partial charge in [0.25, 0.3) is 0 Å². The van der Waals surface area contributed by atoms with Crippen molar-refractivity contribution in [1.29, 1.82) is 0 Å². The van der Waals surface area contributed by atoms with Gasteiger partial charge in [0.2, 0.25) is 5.95 Å². The second kappa shape index (κ2) is 9.08. The highest BCUT2D eigenvalue weighted by atomic mass is 35.5. The molecule has 1 atom stereocenters. The number of aryl methyl sites for hydroxylation is 2. The van der Waals surface area contributed by atoms with Gasteiger partial charge >= 0.3 is 0 Å². The molecule has 0 radical (unpaired) electrons. The molecule has 1 unspecified atom stereocenters. The van der Waals surface area contributed by atoms with Crippen LogP contribution in [-0.2, 0) is 0 Å². The van der Waals surface area contributed by atoms with Gasteiger partial charge in [0, 0.05) is 40.5 Å². The molecular weight excluding hydrogens is 437 g/mol. The fraction of sp³-hybridized carbons (Fsp3) is 0.259. The summed E-state index contributed by atoms with van der Waals surface area (Å²) in [6.45, 7) is 5.86. The molecule has 0 spiro atoms. The van der Waals surface area contributed by atoms with Gasteiger partial charge in [0.1, 0.15) is 5.75 Å². The Balaban J connectivity index is 1.65. The van der Waals surface area contributed by atoms with Crippen molar-refractivity contribution in [3.63, 3.8) is 0 Å². The summed E-state index contributed by atoms with van der Waals surface area (Å²) in [6, 6.07) is 13.8. The van der Waals surface area contributed by atoms with E-state index in [4.69, 9.17) is 21.3 Å². The smallest absolute Gasteiger partial charge is 0.212 e. The predicted molar refractivity (Wildman–Crippen MR) is 131 cm³/mol. The van der Waals surface area contributed by atoms with E-state index in [1.807, 2.05) is 18.3 Å². The normalized spacial score (nSPS) is 15.5. The number of nitrogens with zero attached hydrogens (tertiary/aromatic N) is 2. The summed E-state index contributed by atoms with van der Waals surface area (Å²) in [5.74, 6) is 0.264. The molecule has 0 amide bonds. The Morgan fingerprint density at radius 1 is 1.00 bits per heavy atom. The zero-order valence-electron chi connectivity index (χ0n) is 18.7. The molecule has 0 saturated carbocycles. The number of fused-ring (bicyclic) bond motifs is 1. The lowest BCUT2D eigenvalue weighted by Gasteiger charge is -2.27. The van der Waals surface area contributed by atoms with Crippen LogP contribution in [-0.4, -0.2) is 29.2 Å². The lowest BCUT2D eigenvalue weighted by Crippen LogP contribution is -2.43. The van der Waals surface area contributed by atoms with E-state index in [9.17, 15) is 4.39 Å². The van der Waals surface area contributed by atoms with Crippen LogP contribution in [0.15, 0.2) is 54.9 Å². The molecule has 4 aromatic rings. The lowest BCUT2D eigenvalue weighted by molar-refractivity contribution is 0.255. The van der Waals surface area contributed by atoms with E-state index in [0.717, 1.165) is 51.9 Å². The summed E-state index contributed by atoms with van der Waals surface area (Å²) < 4.78 is 19.8. The van der Waals surface area contributed by atoms with Gasteiger partial charge in [0.05, 0.1) is 17.1 Å². The molecule has 4 nitrogen and oxygen atoms in total. The van der Waals surface area contributed by atoms with Crippen LogP contribution in [0, 0.1) is 19.8 Å². The highest BCUT2D eigenvalue weighted by Gasteiger charge is 2.19. The highest BCUT2D eigenvalue weighted by molar-refractivity contribution is 6.34. The number of halogens is 2. The number of pyridine rings is 2. The molecule has 2 aromatic carbocycles. The maximum absolute atomic E-state index is 13.4. The van der Waals surface area contributed by atoms with Gasteiger partial charge in [-0.05, 0) is 63.1 Å². The summed E-state index contributed by atoms with van der Waals surface area (Å²) in [6.07, 6.45) is 5.48. The standard InChI is InChI=1S/C27H25ClFN3O/c1-16-9-17(2)11-19(10-16)23-15-31-25-13-24(28)21(18-3-4-26(29)32-14-18)12-22(25)27(23)33-8-6-20-5-7-30-20/h3-4,9-15,20,30H,5-8H2,1-2H3. The first-order valence-corrected chi connectivity index (χ1v) is 11.5. The Bertz CT molecular complexity index is 1300. The van der Waals surface area contributed by atoms with Crippen LogP contribution in [0.25, 0.3) is 33.2 Å². The average molecular weight is 462 g/mol. The molecule has 1 N–H and O–H groups in total. The van der Waals surface area contributed by atoms with E-state index in [-0.39, 0.29) is 0 Å². The van der Waals surface area contributed by atoms with Crippen LogP contribution in [0.3, 0.4) is 0 Å². The number of hydrogen-bond donors (Lipinski definition) is 1. The van der Waals surface area contributed by atoms with Crippen molar-refractivity contribution in [3.8, 4) is 28.0 Å². The number of aromatic nitrogens is 2. The minimum absolute atomic E-state index is 0.512. The van der Waals surface area contributed by atoms with E-state index >= 15 is 0 Å². The van der Waals surface area contributed by atoms with Crippen LogP contribution < -0.4 is 10.1 Å². The van der Waals surface area contributed by atoms with Gasteiger partial charge in [-0.15, -0.1) is 0 Å². The van der Waals surface area contributed by atoms with Gasteiger partial charge < -0.3 is 10.1 Å². The molecule has 2 aromatic heterocycles. The molecule has 0 aliphatic carbocycles. The lowest BCUT2D eigenvalue weighted by atomic mass is 9.98. The van der Waals surface area contributed by atoms with E-state index in [1.165, 1.54) is 29.8 Å². The first kappa shape index (κ1) is 21.8. The molecule has 1 aliphatic rings. The molecule has 0 bridgehead atoms. The zero-order chi connectivity index (χ0) is 22.9. The summed E-state index contributed by atoms with van der Waals surface area (Å²) >= 11 is 6.59. The van der Waals surface area contributed by atoms with Crippen molar-refractivity contribution < 1.29 is 9.13 Å². The Morgan fingerprint density at radius 3 is 2.45 bits per heavy atom. The van der Waals surface area contributed by atoms with Crippen LogP contribution in [0.1, 0.15) is 24.0 Å². The van der Waals surface area contributed by atoms with Gasteiger partial charge in [-0.2, -0.15) is 4.39 Å². The third-order valence-corrected chi connectivity index (χ3v) is 6.43. The molecule has 1 saturated heterocycles. The van der Waals surface area contributed by atoms with Crippen LogP contribution in [0.2, 0.25) is 5.02 Å². The Kier molecular flexibility index (Phi) is 6.00. The fourth-order valence-corrected chi connectivity index (χ4v) is 4.60. The van der Waals surface area contributed by atoms with Gasteiger partial charge in [-0.3, -0.25) is 4.98 Å². The van der Waals surface area contributed by atoms with Gasteiger partial charge in [-0.1, -0.05) is 40.9 Å². The van der Waals surface area contributed by atoms with E-state index in [2.05, 4.69) is 42.3 Å². The Morgan fingerprint density at radius 2 is 1.79 bits per heavy atom. The monoisotopic (exact) mass is 461 g/mol. The zero-order valence-corrected chi connectivity index (χ0v) is 19.4. The van der Waals surface area contributed by atoms with Crippen molar-refractivity contribution in [2.75, 3.05) is 13.2 Å². The second-order valence-corrected chi connectivity index (χ2v) is 9.08. The minimum atomic E-state index is -0.525. The first-order chi connectivity index (χ1) is 16.0. The van der Waals surface area contributed by atoms with Crippen LogP contribution in [0.4, 0.5) is 4.39 Å². The first-order valence-electron chi connectivity index (χ1n) is 11.2. The van der Waals surface area contributed by atoms with Crippen molar-refractivity contribution in [2.45, 2.75) is 32.7 Å². The predicted octanol–water partition coefficient (Wildman–Crippen LogP) is 6.50. The van der Waals surface area contributed by atoms with E-state index < -0.39 is 5.95 Å². The Labute approximate surface area is 197 Å². The van der Waals surface area contributed by atoms with Crippen molar-refractivity contribution in [2.24, 2.45) is 0 Å². The maximum atomic E-state index is 13.4. The van der Waals surface area contributed by atoms with E-state index in [1.54, 1.807) is 6.07 Å². The highest BCUT2D eigenvalue weighted by Crippen LogP contribution is 2.40. The van der Waals surface area contributed by atoms with Crippen molar-refractivity contribution in [1.82, 2.24) is 15.3 Å². The van der Waals surface area contributed by atoms with Gasteiger partial charge in [-0.25, -0.2) is 4.98 Å². The molecule has 5 rings (SSSR count). The molecular formula is C27H25ClFN3O. The molecule has 1 fully saturated rings. The molecule has 6 heteroatoms. The number of nitrogens with one attached hydrogen (secondary N) is 1. The third kappa shape index (κ3) is 4.56. The number of rotatable bonds is 6. The summed E-state index contributed by atoms with van der Waals surface area (Å²) in [5.41, 5.74) is 6.64. The average Bonchev–Trinajstić information content (AvgIpc) is 2.75. The quantitative estimate of drug-likeness (QED) is 0.333. The molecule has 33 heavy (non-hydrogen) atoms. The summed E-state index contributed by atoms with van der Waals surface area (Å²) in [4.78, 5) is 8.49. The van der Waals surface area contributed by atoms with Crippen molar-refractivity contribution in [3.05, 3.63) is 77.0 Å². The van der Waals surface area contributed by atoms with Crippen molar-refractivity contribution >= 4 is 22.5 Å². The maximum Gasteiger partial charge on any atom is 0.212 e. The molecule has 168 valence electrons. The van der Waals surface area contributed by atoms with Gasteiger partial charge in [0.15, 0.2) is 0 Å². The van der Waals surface area contributed by atoms with Crippen LogP contribution in [0.5, 0.6) is 5.75 Å². The third-order valence-electron chi connectivity index (χ3n) is 6.12. The second-order valence-electron chi connectivity index (χ2n) is 8.67. The number of benzene rings is 2. The number of hydrogen-bond acceptors (Lipinski definition) is 4. The summed E-state index contributed by atoms with van der Waals surface area (Å²) in [7, 11) is 0. The topological polar surface area (TPSA) is 47.0 Å². The van der Waals surface area contributed by atoms with Crippen LogP contribution >= 0.6 is 11.6 Å². The molecule has 1 aliphatic heterocycles. The number of ether oxygens (including phenoxy) is 1. The summed E-state index contributed by atoms with van der Waals surface area (Å²) in [5, 5.41) is 4.83. The largest absolute Gasteiger partial charge is 0.492 e. The Hall–Kier alpha value is -3.02. The SMILES string of the molecule is Cc1cc(C)cc(-c2cnc3cc(Cl)c(-c4ccc(F)nc4)cc3c2OCCC2CCN2)c1. The minimum Gasteiger partial charge on any atom is -0.492 e.